The first kappa shape index (κ1) is 31.8. The van der Waals surface area contributed by atoms with E-state index in [1.807, 2.05) is 88.1 Å². The van der Waals surface area contributed by atoms with Crippen LogP contribution in [0.3, 0.4) is 0 Å². The van der Waals surface area contributed by atoms with Gasteiger partial charge < -0.3 is 4.74 Å². The molecule has 0 unspecified atom stereocenters. The number of ether oxygens (including phenoxy) is 1. The van der Waals surface area contributed by atoms with Gasteiger partial charge in [0.1, 0.15) is 17.3 Å². The van der Waals surface area contributed by atoms with Crippen LogP contribution in [-0.4, -0.2) is 15.6 Å². The Balaban J connectivity index is 1.13. The summed E-state index contributed by atoms with van der Waals surface area (Å²) < 4.78 is 38.9. The molecule has 9 aromatic rings. The van der Waals surface area contributed by atoms with Crippen molar-refractivity contribution in [2.45, 2.75) is 33.0 Å². The molecule has 0 N–H and O–H groups in total. The fourth-order valence-electron chi connectivity index (χ4n) is 8.09. The minimum absolute atomic E-state index is 0.0404. The first-order valence-corrected chi connectivity index (χ1v) is 19.5. The number of aromatic nitrogens is 2. The highest BCUT2D eigenvalue weighted by molar-refractivity contribution is 6.09. The lowest BCUT2D eigenvalue weighted by Gasteiger charge is -2.20. The van der Waals surface area contributed by atoms with Crippen molar-refractivity contribution in [3.05, 3.63) is 193 Å². The zero-order valence-electron chi connectivity index (χ0n) is 35.5. The number of fused-ring (bicyclic) bond motifs is 4. The highest BCUT2D eigenvalue weighted by Crippen LogP contribution is 2.46. The predicted molar refractivity (Wildman–Crippen MR) is 240 cm³/mol. The van der Waals surface area contributed by atoms with Crippen LogP contribution >= 0.6 is 0 Å². The van der Waals surface area contributed by atoms with Gasteiger partial charge in [0.15, 0.2) is 0 Å². The van der Waals surface area contributed by atoms with E-state index in [9.17, 15) is 0 Å². The monoisotopic (exact) mass is 753 g/mol. The summed E-state index contributed by atoms with van der Waals surface area (Å²) in [6.45, 7) is 4.24. The summed E-state index contributed by atoms with van der Waals surface area (Å²) >= 11 is 0. The molecule has 58 heavy (non-hydrogen) atoms. The number of rotatable bonds is 7. The summed E-state index contributed by atoms with van der Waals surface area (Å²) in [5.74, 6) is 2.14. The van der Waals surface area contributed by atoms with E-state index in [1.54, 1.807) is 12.1 Å². The Morgan fingerprint density at radius 1 is 0.586 bits per heavy atom. The van der Waals surface area contributed by atoms with Crippen LogP contribution in [0.15, 0.2) is 182 Å². The van der Waals surface area contributed by atoms with Crippen LogP contribution in [0.25, 0.3) is 49.9 Å². The fraction of sp³-hybridized carbons (Fsp3) is 0.0943. The van der Waals surface area contributed by atoms with Crippen molar-refractivity contribution in [3.63, 3.8) is 0 Å². The van der Waals surface area contributed by atoms with Crippen molar-refractivity contribution in [2.75, 3.05) is 0 Å². The minimum Gasteiger partial charge on any atom is -0.457 e. The Kier molecular flexibility index (Phi) is 7.68. The Morgan fingerprint density at radius 3 is 2.00 bits per heavy atom. The van der Waals surface area contributed by atoms with Crippen LogP contribution in [-0.2, 0) is 5.41 Å². The van der Waals surface area contributed by atoms with Gasteiger partial charge in [-0.15, -0.1) is 0 Å². The molecule has 0 atom stereocenters. The van der Waals surface area contributed by atoms with Gasteiger partial charge >= 0.3 is 11.7 Å². The maximum Gasteiger partial charge on any atom is 0.503 e. The molecule has 1 aliphatic rings. The molecule has 10 rings (SSSR count). The summed E-state index contributed by atoms with van der Waals surface area (Å²) in [4.78, 5) is 4.85. The number of para-hydroxylation sites is 3. The summed E-state index contributed by atoms with van der Waals surface area (Å²) in [7, 11) is 0. The second-order valence-electron chi connectivity index (χ2n) is 15.7. The molecule has 0 saturated heterocycles. The molecule has 5 nitrogen and oxygen atoms in total. The van der Waals surface area contributed by atoms with Crippen molar-refractivity contribution in [1.29, 1.82) is 0 Å². The molecular formula is C53H42N4O+2. The molecule has 1 aliphatic heterocycles. The lowest BCUT2D eigenvalue weighted by Crippen LogP contribution is -2.12. The molecule has 2 aromatic heterocycles. The smallest absolute Gasteiger partial charge is 0.457 e. The summed E-state index contributed by atoms with van der Waals surface area (Å²) in [5, 5.41) is 2.24. The van der Waals surface area contributed by atoms with Crippen LogP contribution in [0.5, 0.6) is 11.5 Å². The predicted octanol–water partition coefficient (Wildman–Crippen LogP) is 13.8. The number of hydrogen-bond acceptors (Lipinski definition) is 2. The maximum absolute atomic E-state index is 8.69. The summed E-state index contributed by atoms with van der Waals surface area (Å²) in [6.07, 6.45) is 1.89. The molecular weight excluding hydrogens is 709 g/mol. The SMILES string of the molecule is [2H]C([2H])([2H])c1cccc2c1[N+](c1c(-c3ccccc3)cccc1-c1ccccc1)=C=[N+]2c1cccc(Oc2ccc3c4ccccc4n(-c4cc(C(C)(C)C)ccn4)c3c2)c1. The van der Waals surface area contributed by atoms with E-state index in [-0.39, 0.29) is 11.0 Å². The molecule has 5 heteroatoms. The third-order valence-electron chi connectivity index (χ3n) is 10.9. The van der Waals surface area contributed by atoms with Gasteiger partial charge in [-0.05, 0) is 86.6 Å². The number of hydrogen-bond donors (Lipinski definition) is 0. The normalized spacial score (nSPS) is 13.4. The van der Waals surface area contributed by atoms with Gasteiger partial charge in [0.2, 0.25) is 11.4 Å². The molecule has 0 bridgehead atoms. The van der Waals surface area contributed by atoms with Gasteiger partial charge in [-0.1, -0.05) is 124 Å². The number of benzene rings is 7. The second kappa shape index (κ2) is 14.0. The van der Waals surface area contributed by atoms with Crippen LogP contribution in [0.1, 0.15) is 36.0 Å². The molecule has 7 aromatic carbocycles. The first-order valence-electron chi connectivity index (χ1n) is 21.0. The molecule has 0 saturated carbocycles. The average Bonchev–Trinajstić information content (AvgIpc) is 3.82. The molecule has 0 fully saturated rings. The third-order valence-corrected chi connectivity index (χ3v) is 10.9. The van der Waals surface area contributed by atoms with Crippen molar-refractivity contribution in [3.8, 4) is 39.6 Å². The quantitative estimate of drug-likeness (QED) is 0.152. The highest BCUT2D eigenvalue weighted by Gasteiger charge is 2.40. The lowest BCUT2D eigenvalue weighted by atomic mass is 9.88. The Labute approximate surface area is 342 Å². The van der Waals surface area contributed by atoms with Crippen LogP contribution in [0.4, 0.5) is 22.7 Å². The van der Waals surface area contributed by atoms with E-state index >= 15 is 0 Å². The molecule has 278 valence electrons. The highest BCUT2D eigenvalue weighted by atomic mass is 16.5. The minimum atomic E-state index is -2.40. The zero-order chi connectivity index (χ0) is 41.9. The largest absolute Gasteiger partial charge is 0.503 e. The van der Waals surface area contributed by atoms with Gasteiger partial charge in [-0.25, -0.2) is 4.98 Å². The third kappa shape index (κ3) is 6.10. The first-order chi connectivity index (χ1) is 29.5. The average molecular weight is 754 g/mol. The second-order valence-corrected chi connectivity index (χ2v) is 15.7. The number of aryl methyl sites for hydroxylation is 1. The van der Waals surface area contributed by atoms with Crippen molar-refractivity contribution in [1.82, 2.24) is 18.7 Å². The molecule has 0 spiro atoms. The van der Waals surface area contributed by atoms with E-state index < -0.39 is 6.85 Å². The van der Waals surface area contributed by atoms with Crippen molar-refractivity contribution >= 4 is 50.6 Å². The van der Waals surface area contributed by atoms with E-state index in [0.29, 0.717) is 22.9 Å². The van der Waals surface area contributed by atoms with E-state index in [1.165, 1.54) is 5.56 Å². The standard InChI is InChI=1S/C53H42N4O/c1-36-16-13-27-48-51(36)56(52-43(37-17-7-5-8-18-37)24-15-25-44(52)38-19-9-6-10-20-38)35-55(48)40-21-14-22-41(33-40)58-42-28-29-46-45-23-11-12-26-47(45)57(49(46)34-42)50-32-39(30-31-54-50)53(2,3)4/h5-34H,1-4H3/q+2/i1D3. The summed E-state index contributed by atoms with van der Waals surface area (Å²) in [5.41, 5.74) is 10.2. The van der Waals surface area contributed by atoms with Crippen LogP contribution < -0.4 is 13.9 Å². The Hall–Kier alpha value is -7.33. The van der Waals surface area contributed by atoms with E-state index in [0.717, 1.165) is 61.3 Å². The van der Waals surface area contributed by atoms with Gasteiger partial charge in [0.25, 0.3) is 5.69 Å². The summed E-state index contributed by atoms with van der Waals surface area (Å²) in [6, 6.07) is 62.4. The van der Waals surface area contributed by atoms with Crippen molar-refractivity contribution in [2.24, 2.45) is 0 Å². The van der Waals surface area contributed by atoms with E-state index in [4.69, 9.17) is 13.8 Å². The number of pyridine rings is 1. The Bertz CT molecular complexity index is 3170. The van der Waals surface area contributed by atoms with Crippen LogP contribution in [0.2, 0.25) is 0 Å². The molecule has 0 amide bonds. The molecule has 0 radical (unpaired) electrons. The topological polar surface area (TPSA) is 33.1 Å². The van der Waals surface area contributed by atoms with Gasteiger partial charge in [-0.3, -0.25) is 4.57 Å². The van der Waals surface area contributed by atoms with Gasteiger partial charge in [0, 0.05) is 44.8 Å². The number of nitrogens with zero attached hydrogens (tertiary/aromatic N) is 4. The van der Waals surface area contributed by atoms with Gasteiger partial charge in [-0.2, -0.15) is 0 Å². The van der Waals surface area contributed by atoms with E-state index in [2.05, 4.69) is 122 Å². The lowest BCUT2D eigenvalue weighted by molar-refractivity contribution is 0.483. The molecule has 3 heterocycles. The fourth-order valence-corrected chi connectivity index (χ4v) is 8.09. The Morgan fingerprint density at radius 2 is 1.26 bits per heavy atom. The van der Waals surface area contributed by atoms with Gasteiger partial charge in [0.05, 0.1) is 28.2 Å². The van der Waals surface area contributed by atoms with Crippen molar-refractivity contribution < 1.29 is 8.85 Å². The zero-order valence-corrected chi connectivity index (χ0v) is 32.5. The molecule has 0 aliphatic carbocycles. The maximum atomic E-state index is 8.69. The van der Waals surface area contributed by atoms with Crippen LogP contribution in [0, 0.1) is 6.85 Å².